The quantitative estimate of drug-likeness (QED) is 0.120. The van der Waals surface area contributed by atoms with Gasteiger partial charge in [-0.15, -0.1) is 0 Å². The Morgan fingerprint density at radius 2 is 1.80 bits per heavy atom. The van der Waals surface area contributed by atoms with Crippen LogP contribution in [0.2, 0.25) is 0 Å². The Balaban J connectivity index is 0.994. The van der Waals surface area contributed by atoms with E-state index < -0.39 is 18.2 Å². The molecule has 8 rings (SSSR count). The number of carboxylic acid groups (broad SMARTS) is 1. The predicted octanol–water partition coefficient (Wildman–Crippen LogP) is 5.19. The SMILES string of the molecule is O=C(O)N(C1CN2CCC1CC2)[C@@H](c1ccccc1)c1cccc(OCc2ccc(CNCC(O)c3ccc(O)c4[nH]c(=O)ccc34)nc2)c1. The minimum absolute atomic E-state index is 0.0524. The Morgan fingerprint density at radius 1 is 1.00 bits per heavy atom. The van der Waals surface area contributed by atoms with Gasteiger partial charge in [0.2, 0.25) is 5.56 Å². The fourth-order valence-corrected chi connectivity index (χ4v) is 7.42. The number of nitrogens with zero attached hydrogens (tertiary/aromatic N) is 3. The van der Waals surface area contributed by atoms with Crippen LogP contribution in [0.15, 0.2) is 102 Å². The number of amides is 1. The van der Waals surface area contributed by atoms with E-state index in [-0.39, 0.29) is 30.5 Å². The van der Waals surface area contributed by atoms with Crippen LogP contribution in [0.4, 0.5) is 4.79 Å². The van der Waals surface area contributed by atoms with E-state index in [0.29, 0.717) is 34.7 Å². The van der Waals surface area contributed by atoms with Gasteiger partial charge < -0.3 is 35.3 Å². The van der Waals surface area contributed by atoms with Crippen LogP contribution in [-0.4, -0.2) is 73.4 Å². The molecule has 2 unspecified atom stereocenters. The third-order valence-corrected chi connectivity index (χ3v) is 9.97. The number of phenols is 1. The van der Waals surface area contributed by atoms with Gasteiger partial charge in [0.05, 0.1) is 29.4 Å². The molecular formula is C39H41N5O6. The van der Waals surface area contributed by atoms with E-state index in [1.807, 2.05) is 66.7 Å². The lowest BCUT2D eigenvalue weighted by atomic mass is 9.81. The number of carbonyl (C=O) groups is 1. The molecule has 3 atom stereocenters. The lowest BCUT2D eigenvalue weighted by molar-refractivity contribution is -0.000812. The van der Waals surface area contributed by atoms with Crippen LogP contribution in [0.25, 0.3) is 10.9 Å². The van der Waals surface area contributed by atoms with E-state index in [1.54, 1.807) is 23.2 Å². The molecule has 5 heterocycles. The van der Waals surface area contributed by atoms with Gasteiger partial charge in [-0.05, 0) is 78.9 Å². The van der Waals surface area contributed by atoms with Gasteiger partial charge in [-0.2, -0.15) is 0 Å². The van der Waals surface area contributed by atoms with Crippen LogP contribution >= 0.6 is 0 Å². The van der Waals surface area contributed by atoms with Crippen molar-refractivity contribution in [2.75, 3.05) is 26.2 Å². The highest BCUT2D eigenvalue weighted by atomic mass is 16.5. The maximum atomic E-state index is 13.0. The van der Waals surface area contributed by atoms with Crippen LogP contribution in [-0.2, 0) is 13.2 Å². The minimum Gasteiger partial charge on any atom is -0.506 e. The first kappa shape index (κ1) is 33.3. The number of aliphatic hydroxyl groups is 1. The summed E-state index contributed by atoms with van der Waals surface area (Å²) < 4.78 is 6.20. The molecule has 0 aliphatic carbocycles. The van der Waals surface area contributed by atoms with Gasteiger partial charge in [-0.25, -0.2) is 4.79 Å². The van der Waals surface area contributed by atoms with Crippen LogP contribution in [0.5, 0.6) is 11.5 Å². The van der Waals surface area contributed by atoms with Gasteiger partial charge in [-0.1, -0.05) is 54.6 Å². The summed E-state index contributed by atoms with van der Waals surface area (Å²) in [5.41, 5.74) is 4.02. The molecule has 3 aliphatic heterocycles. The van der Waals surface area contributed by atoms with E-state index in [9.17, 15) is 24.9 Å². The first-order valence-corrected chi connectivity index (χ1v) is 17.0. The van der Waals surface area contributed by atoms with Crippen LogP contribution in [0, 0.1) is 5.92 Å². The lowest BCUT2D eigenvalue weighted by Gasteiger charge is -2.50. The molecule has 3 saturated heterocycles. The standard InChI is InChI=1S/C39H41N5O6/c45-34-13-11-31(32-12-14-36(47)42-37(32)34)35(46)22-40-21-29-10-9-25(20-41-29)24-50-30-8-4-7-28(19-30)38(27-5-2-1-3-6-27)44(39(48)49)33-23-43-17-15-26(33)16-18-43/h1-14,19-20,26,33,35,38,40,45-46H,15-18,21-24H2,(H,42,47)(H,48,49)/t33?,35?,38-/m0/s1. The van der Waals surface area contributed by atoms with Gasteiger partial charge in [0.1, 0.15) is 18.1 Å². The number of aliphatic hydroxyl groups excluding tert-OH is 1. The van der Waals surface area contributed by atoms with Crippen molar-refractivity contribution in [3.63, 3.8) is 0 Å². The molecule has 50 heavy (non-hydrogen) atoms. The summed E-state index contributed by atoms with van der Waals surface area (Å²) in [6, 6.07) is 26.9. The predicted molar refractivity (Wildman–Crippen MR) is 189 cm³/mol. The number of phenolic OH excluding ortho intramolecular Hbond substituents is 1. The second-order valence-electron chi connectivity index (χ2n) is 13.2. The molecule has 0 radical (unpaired) electrons. The Morgan fingerprint density at radius 3 is 2.52 bits per heavy atom. The number of benzene rings is 3. The first-order chi connectivity index (χ1) is 24.3. The first-order valence-electron chi connectivity index (χ1n) is 17.0. The third kappa shape index (κ3) is 7.20. The van der Waals surface area contributed by atoms with Crippen molar-refractivity contribution >= 4 is 17.0 Å². The molecule has 0 saturated carbocycles. The third-order valence-electron chi connectivity index (χ3n) is 9.97. The number of hydrogen-bond donors (Lipinski definition) is 5. The number of aromatic hydroxyl groups is 1. The molecule has 11 heteroatoms. The van der Waals surface area contributed by atoms with Crippen LogP contribution in [0.1, 0.15) is 52.9 Å². The summed E-state index contributed by atoms with van der Waals surface area (Å²) >= 11 is 0. The number of hydrogen-bond acceptors (Lipinski definition) is 8. The largest absolute Gasteiger partial charge is 0.506 e. The fourth-order valence-electron chi connectivity index (χ4n) is 7.42. The van der Waals surface area contributed by atoms with Crippen LogP contribution < -0.4 is 15.6 Å². The molecule has 2 bridgehead atoms. The maximum absolute atomic E-state index is 13.0. The summed E-state index contributed by atoms with van der Waals surface area (Å²) in [5, 5.41) is 35.4. The Bertz CT molecular complexity index is 1990. The van der Waals surface area contributed by atoms with Crippen molar-refractivity contribution in [3.8, 4) is 11.5 Å². The molecule has 11 nitrogen and oxygen atoms in total. The number of nitrogens with one attached hydrogen (secondary N) is 2. The van der Waals surface area contributed by atoms with E-state index >= 15 is 0 Å². The molecule has 3 aliphatic rings. The van der Waals surface area contributed by atoms with Crippen molar-refractivity contribution in [1.29, 1.82) is 0 Å². The number of piperidine rings is 3. The Kier molecular flexibility index (Phi) is 9.79. The van der Waals surface area contributed by atoms with Gasteiger partial charge >= 0.3 is 6.09 Å². The molecule has 3 fully saturated rings. The number of fused-ring (bicyclic) bond motifs is 4. The smallest absolute Gasteiger partial charge is 0.408 e. The summed E-state index contributed by atoms with van der Waals surface area (Å²) in [6.07, 6.45) is 2.02. The number of pyridine rings is 2. The summed E-state index contributed by atoms with van der Waals surface area (Å²) in [5.74, 6) is 0.946. The molecule has 1 amide bonds. The molecule has 3 aromatic carbocycles. The maximum Gasteiger partial charge on any atom is 0.408 e. The van der Waals surface area contributed by atoms with Gasteiger partial charge in [-0.3, -0.25) is 14.7 Å². The second-order valence-corrected chi connectivity index (χ2v) is 13.2. The average Bonchev–Trinajstić information content (AvgIpc) is 3.14. The zero-order chi connectivity index (χ0) is 34.6. The van der Waals surface area contributed by atoms with Crippen molar-refractivity contribution in [2.24, 2.45) is 5.92 Å². The zero-order valence-electron chi connectivity index (χ0n) is 27.6. The molecule has 5 aromatic rings. The number of aromatic amines is 1. The van der Waals surface area contributed by atoms with Gasteiger partial charge in [0.15, 0.2) is 0 Å². The average molecular weight is 676 g/mol. The topological polar surface area (TPSA) is 151 Å². The molecular weight excluding hydrogens is 634 g/mol. The van der Waals surface area contributed by atoms with Gasteiger partial charge in [0, 0.05) is 42.8 Å². The molecule has 258 valence electrons. The van der Waals surface area contributed by atoms with Crippen LogP contribution in [0.3, 0.4) is 0 Å². The number of rotatable bonds is 12. The van der Waals surface area contributed by atoms with Crippen molar-refractivity contribution in [1.82, 2.24) is 25.1 Å². The number of ether oxygens (including phenoxy) is 1. The summed E-state index contributed by atoms with van der Waals surface area (Å²) in [4.78, 5) is 35.9. The molecule has 5 N–H and O–H groups in total. The summed E-state index contributed by atoms with van der Waals surface area (Å²) in [7, 11) is 0. The monoisotopic (exact) mass is 675 g/mol. The normalized spacial score (nSPS) is 19.6. The van der Waals surface area contributed by atoms with Crippen molar-refractivity contribution in [2.45, 2.75) is 44.2 Å². The fraction of sp³-hybridized carbons (Fsp3) is 0.308. The van der Waals surface area contributed by atoms with E-state index in [4.69, 9.17) is 4.74 Å². The van der Waals surface area contributed by atoms with Crippen molar-refractivity contribution < 1.29 is 24.9 Å². The Labute approximate surface area is 289 Å². The minimum atomic E-state index is -0.912. The summed E-state index contributed by atoms with van der Waals surface area (Å²) in [6.45, 7) is 3.78. The number of H-pyrrole nitrogens is 1. The lowest BCUT2D eigenvalue weighted by Crippen LogP contribution is -2.59. The molecule has 2 aromatic heterocycles. The highest BCUT2D eigenvalue weighted by Crippen LogP contribution is 2.39. The van der Waals surface area contributed by atoms with Crippen molar-refractivity contribution in [3.05, 3.63) is 135 Å². The molecule has 0 spiro atoms. The highest BCUT2D eigenvalue weighted by molar-refractivity contribution is 5.87. The number of aromatic nitrogens is 2. The van der Waals surface area contributed by atoms with Gasteiger partial charge in [0.25, 0.3) is 0 Å². The van der Waals surface area contributed by atoms with E-state index in [1.165, 1.54) is 12.1 Å². The van der Waals surface area contributed by atoms with E-state index in [0.717, 1.165) is 54.9 Å². The zero-order valence-corrected chi connectivity index (χ0v) is 27.6. The highest BCUT2D eigenvalue weighted by Gasteiger charge is 2.43. The van der Waals surface area contributed by atoms with E-state index in [2.05, 4.69) is 20.2 Å². The second kappa shape index (κ2) is 14.7. The Hall–Kier alpha value is -5.23.